The number of imidazole rings is 1. The predicted octanol–water partition coefficient (Wildman–Crippen LogP) is 6.15. The third-order valence-corrected chi connectivity index (χ3v) is 6.00. The molecule has 1 unspecified atom stereocenters. The number of hydrogen-bond donors (Lipinski definition) is 1. The van der Waals surface area contributed by atoms with Gasteiger partial charge in [-0.15, -0.1) is 0 Å². The first-order valence-corrected chi connectivity index (χ1v) is 10.8. The van der Waals surface area contributed by atoms with Crippen molar-refractivity contribution < 1.29 is 4.40 Å². The minimum absolute atomic E-state index is 0.489. The van der Waals surface area contributed by atoms with E-state index in [1.165, 1.54) is 57.1 Å². The number of nitrogens with one attached hydrogen (secondary N) is 1. The fourth-order valence-electron chi connectivity index (χ4n) is 4.51. The number of hydrogen-bond acceptors (Lipinski definition) is 1. The number of benzene rings is 2. The molecular weight excluding hydrogens is 354 g/mol. The number of aromatic nitrogens is 2. The Balaban J connectivity index is 1.70. The van der Waals surface area contributed by atoms with E-state index in [4.69, 9.17) is 0 Å². The molecule has 0 aliphatic carbocycles. The maximum Gasteiger partial charge on any atom is 0.292 e. The molecule has 5 rings (SSSR count). The highest BCUT2D eigenvalue weighted by Gasteiger charge is 2.17. The molecule has 1 N–H and O–H groups in total. The summed E-state index contributed by atoms with van der Waals surface area (Å²) in [5, 5.41) is 6.18. The summed E-state index contributed by atoms with van der Waals surface area (Å²) < 4.78 is 4.68. The number of anilines is 1. The molecule has 0 amide bonds. The molecular formula is C26H28N3+. The van der Waals surface area contributed by atoms with Crippen LogP contribution in [0.25, 0.3) is 33.0 Å². The zero-order valence-electron chi connectivity index (χ0n) is 17.4. The Hall–Kier alpha value is -3.07. The molecule has 0 bridgehead atoms. The van der Waals surface area contributed by atoms with Crippen LogP contribution in [0.1, 0.15) is 39.2 Å². The zero-order valence-corrected chi connectivity index (χ0v) is 17.4. The van der Waals surface area contributed by atoms with Crippen LogP contribution in [0.2, 0.25) is 0 Å². The second kappa shape index (κ2) is 7.07. The van der Waals surface area contributed by atoms with Crippen molar-refractivity contribution in [3.8, 4) is 0 Å². The van der Waals surface area contributed by atoms with Crippen LogP contribution in [0, 0.1) is 0 Å². The van der Waals surface area contributed by atoms with E-state index in [2.05, 4.69) is 102 Å². The van der Waals surface area contributed by atoms with Crippen molar-refractivity contribution in [2.75, 3.05) is 5.32 Å². The minimum atomic E-state index is 0.489. The van der Waals surface area contributed by atoms with E-state index >= 15 is 0 Å². The smallest absolute Gasteiger partial charge is 0.292 e. The van der Waals surface area contributed by atoms with Crippen LogP contribution in [0.15, 0.2) is 66.9 Å². The maximum absolute atomic E-state index is 3.63. The summed E-state index contributed by atoms with van der Waals surface area (Å²) in [6.45, 7) is 6.69. The maximum atomic E-state index is 3.63. The van der Waals surface area contributed by atoms with E-state index < -0.39 is 0 Å². The minimum Gasteiger partial charge on any atom is -0.383 e. The highest BCUT2D eigenvalue weighted by molar-refractivity contribution is 5.88. The van der Waals surface area contributed by atoms with Crippen molar-refractivity contribution in [2.24, 2.45) is 0 Å². The van der Waals surface area contributed by atoms with Gasteiger partial charge in [-0.2, -0.15) is 8.80 Å². The Labute approximate surface area is 171 Å². The van der Waals surface area contributed by atoms with Crippen LogP contribution < -0.4 is 9.72 Å². The van der Waals surface area contributed by atoms with Gasteiger partial charge in [0.25, 0.3) is 5.65 Å². The molecule has 0 aliphatic heterocycles. The van der Waals surface area contributed by atoms with Crippen LogP contribution in [-0.2, 0) is 6.42 Å². The molecule has 3 heteroatoms. The third kappa shape index (κ3) is 3.02. The molecule has 0 saturated carbocycles. The number of fused-ring (bicyclic) bond motifs is 7. The van der Waals surface area contributed by atoms with Crippen LogP contribution in [0.3, 0.4) is 0 Å². The number of rotatable bonds is 5. The third-order valence-electron chi connectivity index (χ3n) is 6.00. The molecule has 0 saturated heterocycles. The summed E-state index contributed by atoms with van der Waals surface area (Å²) in [6.07, 6.45) is 5.69. The summed E-state index contributed by atoms with van der Waals surface area (Å²) in [7, 11) is 0. The van der Waals surface area contributed by atoms with Crippen molar-refractivity contribution in [1.82, 2.24) is 4.40 Å². The summed E-state index contributed by atoms with van der Waals surface area (Å²) >= 11 is 0. The fourth-order valence-corrected chi connectivity index (χ4v) is 4.51. The highest BCUT2D eigenvalue weighted by atomic mass is 15.1. The molecule has 0 radical (unpaired) electrons. The van der Waals surface area contributed by atoms with Crippen LogP contribution >= 0.6 is 0 Å². The summed E-state index contributed by atoms with van der Waals surface area (Å²) in [4.78, 5) is 0. The van der Waals surface area contributed by atoms with Gasteiger partial charge in [-0.1, -0.05) is 26.3 Å². The Morgan fingerprint density at radius 3 is 2.62 bits per heavy atom. The van der Waals surface area contributed by atoms with Crippen LogP contribution in [0.5, 0.6) is 0 Å². The molecule has 29 heavy (non-hydrogen) atoms. The Morgan fingerprint density at radius 1 is 0.931 bits per heavy atom. The average Bonchev–Trinajstić information content (AvgIpc) is 3.12. The van der Waals surface area contributed by atoms with Gasteiger partial charge < -0.3 is 5.32 Å². The second-order valence-corrected chi connectivity index (χ2v) is 8.14. The largest absolute Gasteiger partial charge is 0.383 e. The fraction of sp³-hybridized carbons (Fsp3) is 0.269. The SMILES string of the molecule is CCCC(C)Nc1ccc2c(ccc3c[n+]4c5ccc(CC)cc5ccc4n32)c1. The summed E-state index contributed by atoms with van der Waals surface area (Å²) in [5.41, 5.74) is 7.47. The topological polar surface area (TPSA) is 20.5 Å². The van der Waals surface area contributed by atoms with Gasteiger partial charge in [0.2, 0.25) is 0 Å². The predicted molar refractivity (Wildman–Crippen MR) is 123 cm³/mol. The molecule has 3 aromatic heterocycles. The molecule has 3 nitrogen and oxygen atoms in total. The molecule has 1 atom stereocenters. The quantitative estimate of drug-likeness (QED) is 0.362. The summed E-state index contributed by atoms with van der Waals surface area (Å²) in [5.74, 6) is 0. The lowest BCUT2D eigenvalue weighted by Gasteiger charge is -2.14. The number of aryl methyl sites for hydroxylation is 1. The second-order valence-electron chi connectivity index (χ2n) is 8.14. The zero-order chi connectivity index (χ0) is 20.0. The van der Waals surface area contributed by atoms with Gasteiger partial charge in [0.1, 0.15) is 17.2 Å². The number of nitrogens with zero attached hydrogens (tertiary/aromatic N) is 2. The number of pyridine rings is 2. The van der Waals surface area contributed by atoms with E-state index in [9.17, 15) is 0 Å². The van der Waals surface area contributed by atoms with Crippen molar-refractivity contribution in [1.29, 1.82) is 0 Å². The first-order valence-electron chi connectivity index (χ1n) is 10.8. The molecule has 3 heterocycles. The highest BCUT2D eigenvalue weighted by Crippen LogP contribution is 2.24. The first kappa shape index (κ1) is 18.0. The Bertz CT molecular complexity index is 1350. The molecule has 5 aromatic rings. The van der Waals surface area contributed by atoms with Gasteiger partial charge >= 0.3 is 0 Å². The Morgan fingerprint density at radius 2 is 1.79 bits per heavy atom. The van der Waals surface area contributed by atoms with Gasteiger partial charge in [0.05, 0.1) is 0 Å². The van der Waals surface area contributed by atoms with Gasteiger partial charge in [-0.05, 0) is 73.9 Å². The lowest BCUT2D eigenvalue weighted by Crippen LogP contribution is -2.19. The standard InChI is InChI=1S/C26H28N3/c1-4-6-18(3)27-22-10-13-25-21(16-22)8-11-23-17-28-24-12-7-19(5-2)15-20(24)9-14-26(28)29(23)25/h7-18,27H,4-6H2,1-3H3/q+1. The van der Waals surface area contributed by atoms with Crippen LogP contribution in [-0.4, -0.2) is 10.4 Å². The Kier molecular flexibility index (Phi) is 4.39. The van der Waals surface area contributed by atoms with E-state index in [0.29, 0.717) is 6.04 Å². The molecule has 146 valence electrons. The van der Waals surface area contributed by atoms with Crippen molar-refractivity contribution in [3.05, 3.63) is 72.4 Å². The van der Waals surface area contributed by atoms with E-state index in [-0.39, 0.29) is 0 Å². The van der Waals surface area contributed by atoms with Crippen molar-refractivity contribution in [3.63, 3.8) is 0 Å². The van der Waals surface area contributed by atoms with Gasteiger partial charge in [-0.3, -0.25) is 0 Å². The van der Waals surface area contributed by atoms with Gasteiger partial charge in [0.15, 0.2) is 5.52 Å². The van der Waals surface area contributed by atoms with Crippen LogP contribution in [0.4, 0.5) is 5.69 Å². The summed E-state index contributed by atoms with van der Waals surface area (Å²) in [6, 6.07) is 22.9. The van der Waals surface area contributed by atoms with E-state index in [1.54, 1.807) is 0 Å². The normalized spacial score (nSPS) is 12.9. The average molecular weight is 383 g/mol. The lowest BCUT2D eigenvalue weighted by atomic mass is 10.1. The lowest BCUT2D eigenvalue weighted by molar-refractivity contribution is -0.479. The van der Waals surface area contributed by atoms with E-state index in [1.807, 2.05) is 0 Å². The molecule has 2 aromatic carbocycles. The first-order chi connectivity index (χ1) is 14.2. The van der Waals surface area contributed by atoms with E-state index in [0.717, 1.165) is 6.42 Å². The van der Waals surface area contributed by atoms with Gasteiger partial charge in [0, 0.05) is 28.6 Å². The molecule has 0 fully saturated rings. The molecule has 0 aliphatic rings. The molecule has 0 spiro atoms. The van der Waals surface area contributed by atoms with Gasteiger partial charge in [-0.25, -0.2) is 0 Å². The monoisotopic (exact) mass is 382 g/mol. The van der Waals surface area contributed by atoms with Crippen molar-refractivity contribution in [2.45, 2.75) is 46.1 Å². The van der Waals surface area contributed by atoms with Crippen molar-refractivity contribution >= 4 is 38.7 Å².